The van der Waals surface area contributed by atoms with Gasteiger partial charge >= 0.3 is 13.8 Å². The van der Waals surface area contributed by atoms with E-state index < -0.39 is 44.1 Å². The van der Waals surface area contributed by atoms with E-state index in [1.165, 1.54) is 44.9 Å². The number of phosphoric acid groups is 1. The number of ether oxygens (including phenoxy) is 2. The first kappa shape index (κ1) is 37.2. The van der Waals surface area contributed by atoms with Crippen molar-refractivity contribution < 1.29 is 48.1 Å². The van der Waals surface area contributed by atoms with Gasteiger partial charge in [0.05, 0.1) is 6.61 Å². The first-order valence-electron chi connectivity index (χ1n) is 16.5. The molecular formula is C34H55O10P. The number of esters is 1. The van der Waals surface area contributed by atoms with Gasteiger partial charge in [0, 0.05) is 5.56 Å². The predicted molar refractivity (Wildman–Crippen MR) is 172 cm³/mol. The van der Waals surface area contributed by atoms with Crippen molar-refractivity contribution in [3.05, 3.63) is 34.3 Å². The van der Waals surface area contributed by atoms with E-state index in [4.69, 9.17) is 18.5 Å². The normalized spacial score (nSPS) is 23.2. The van der Waals surface area contributed by atoms with Crippen molar-refractivity contribution in [3.8, 4) is 11.5 Å². The summed E-state index contributed by atoms with van der Waals surface area (Å²) < 4.78 is 34.7. The molecule has 2 aliphatic heterocycles. The molecule has 0 fully saturated rings. The zero-order chi connectivity index (χ0) is 33.5. The van der Waals surface area contributed by atoms with Gasteiger partial charge < -0.3 is 33.8 Å². The van der Waals surface area contributed by atoms with Crippen molar-refractivity contribution in [1.82, 2.24) is 0 Å². The van der Waals surface area contributed by atoms with Crippen LogP contribution in [0.2, 0.25) is 0 Å². The Morgan fingerprint density at radius 1 is 1.02 bits per heavy atom. The van der Waals surface area contributed by atoms with Gasteiger partial charge in [-0.25, -0.2) is 9.36 Å². The predicted octanol–water partition coefficient (Wildman–Crippen LogP) is 7.37. The number of hydrogen-bond acceptors (Lipinski definition) is 9. The summed E-state index contributed by atoms with van der Waals surface area (Å²) in [4.78, 5) is 22.3. The Morgan fingerprint density at radius 2 is 1.62 bits per heavy atom. The molecule has 11 heteroatoms. The maximum absolute atomic E-state index is 12.9. The quantitative estimate of drug-likeness (QED) is 0.0932. The Labute approximate surface area is 268 Å². The van der Waals surface area contributed by atoms with Crippen LogP contribution < -0.4 is 9.26 Å². The Balaban J connectivity index is 1.55. The number of carbonyl (C=O) groups is 1. The fraction of sp³-hybridized carbons (Fsp3) is 0.735. The summed E-state index contributed by atoms with van der Waals surface area (Å²) in [6, 6.07) is 1.60. The molecule has 0 bridgehead atoms. The van der Waals surface area contributed by atoms with Crippen LogP contribution in [0.1, 0.15) is 116 Å². The molecule has 0 aliphatic carbocycles. The third kappa shape index (κ3) is 10.4. The summed E-state index contributed by atoms with van der Waals surface area (Å²) in [7, 11) is -4.95. The van der Waals surface area contributed by atoms with E-state index in [0.717, 1.165) is 48.0 Å². The van der Waals surface area contributed by atoms with Crippen molar-refractivity contribution in [3.63, 3.8) is 0 Å². The smallest absolute Gasteiger partial charge is 0.499 e. The van der Waals surface area contributed by atoms with Crippen molar-refractivity contribution in [1.29, 1.82) is 0 Å². The molecule has 0 amide bonds. The van der Waals surface area contributed by atoms with Crippen LogP contribution in [-0.4, -0.2) is 50.6 Å². The van der Waals surface area contributed by atoms with E-state index in [1.807, 2.05) is 6.92 Å². The summed E-state index contributed by atoms with van der Waals surface area (Å²) in [5, 5.41) is 29.1. The van der Waals surface area contributed by atoms with Crippen molar-refractivity contribution in [2.75, 3.05) is 6.61 Å². The Kier molecular flexibility index (Phi) is 13.3. The van der Waals surface area contributed by atoms with Gasteiger partial charge in [0.25, 0.3) is 0 Å². The number of aryl methyl sites for hydroxylation is 1. The number of phosphoric ester groups is 1. The van der Waals surface area contributed by atoms with Crippen LogP contribution in [0.25, 0.3) is 0 Å². The van der Waals surface area contributed by atoms with Crippen LogP contribution in [0.3, 0.4) is 0 Å². The molecule has 1 aromatic carbocycles. The largest absolute Gasteiger partial charge is 0.584 e. The summed E-state index contributed by atoms with van der Waals surface area (Å²) in [6.45, 7) is 14.3. The van der Waals surface area contributed by atoms with Gasteiger partial charge in [-0.1, -0.05) is 72.6 Å². The van der Waals surface area contributed by atoms with Crippen LogP contribution in [0.15, 0.2) is 17.6 Å². The highest BCUT2D eigenvalue weighted by Gasteiger charge is 2.45. The van der Waals surface area contributed by atoms with Gasteiger partial charge in [-0.15, -0.1) is 0 Å². The minimum absolute atomic E-state index is 0.0944. The SMILES string of the molecule is Cc1cc(OP(=O)(O)OC2=C(O)C(=O)OC2C(O)CO)c(C)c2c1OC(C)(CCCC(C)CCCC(C)CCCC(C)C)CC2. The number of rotatable bonds is 18. The minimum atomic E-state index is -4.95. The van der Waals surface area contributed by atoms with Crippen LogP contribution in [0.4, 0.5) is 0 Å². The molecule has 6 atom stereocenters. The van der Waals surface area contributed by atoms with Gasteiger partial charge in [0.2, 0.25) is 11.5 Å². The first-order valence-corrected chi connectivity index (χ1v) is 18.0. The molecule has 0 saturated heterocycles. The number of carbonyl (C=O) groups excluding carboxylic acids is 1. The van der Waals surface area contributed by atoms with Crippen LogP contribution in [-0.2, 0) is 25.0 Å². The number of aliphatic hydroxyl groups is 3. The molecule has 6 unspecified atom stereocenters. The number of hydrogen-bond donors (Lipinski definition) is 4. The van der Waals surface area contributed by atoms with E-state index in [9.17, 15) is 29.6 Å². The van der Waals surface area contributed by atoms with Gasteiger partial charge in [0.15, 0.2) is 6.10 Å². The monoisotopic (exact) mass is 654 g/mol. The molecule has 0 spiro atoms. The number of fused-ring (bicyclic) bond motifs is 1. The average Bonchev–Trinajstić information content (AvgIpc) is 3.23. The van der Waals surface area contributed by atoms with Crippen molar-refractivity contribution in [2.45, 2.75) is 137 Å². The van der Waals surface area contributed by atoms with Crippen LogP contribution >= 0.6 is 7.82 Å². The zero-order valence-corrected chi connectivity index (χ0v) is 29.0. The molecule has 0 radical (unpaired) electrons. The maximum atomic E-state index is 12.9. The van der Waals surface area contributed by atoms with Gasteiger partial charge in [-0.2, -0.15) is 0 Å². The molecule has 3 rings (SSSR count). The van der Waals surface area contributed by atoms with E-state index in [-0.39, 0.29) is 11.4 Å². The van der Waals surface area contributed by atoms with Crippen LogP contribution in [0.5, 0.6) is 11.5 Å². The lowest BCUT2D eigenvalue weighted by Gasteiger charge is -2.38. The lowest BCUT2D eigenvalue weighted by Crippen LogP contribution is -2.37. The molecule has 256 valence electrons. The molecule has 2 aliphatic rings. The van der Waals surface area contributed by atoms with Gasteiger partial charge in [-0.3, -0.25) is 4.89 Å². The van der Waals surface area contributed by atoms with Gasteiger partial charge in [-0.05, 0) is 81.4 Å². The molecule has 45 heavy (non-hydrogen) atoms. The first-order chi connectivity index (χ1) is 21.1. The summed E-state index contributed by atoms with van der Waals surface area (Å²) >= 11 is 0. The molecule has 0 aromatic heterocycles. The highest BCUT2D eigenvalue weighted by Crippen LogP contribution is 2.51. The highest BCUT2D eigenvalue weighted by molar-refractivity contribution is 7.48. The standard InChI is InChI=1S/C34H55O10P/c1-21(2)11-8-12-22(3)13-9-14-23(4)15-10-17-34(7)18-16-26-25(6)28(19-24(5)30(26)42-34)43-45(39,40)44-32-29(37)33(38)41-31(32)27(36)20-35/h19,21-23,27,31,35-37H,8-18,20H2,1-7H3,(H,39,40). The number of aliphatic hydroxyl groups excluding tert-OH is 3. The third-order valence-corrected chi connectivity index (χ3v) is 10.1. The molecule has 10 nitrogen and oxygen atoms in total. The second kappa shape index (κ2) is 16.0. The Morgan fingerprint density at radius 3 is 2.22 bits per heavy atom. The van der Waals surface area contributed by atoms with E-state index in [2.05, 4.69) is 34.6 Å². The molecule has 2 heterocycles. The highest BCUT2D eigenvalue weighted by atomic mass is 31.2. The lowest BCUT2D eigenvalue weighted by atomic mass is 9.84. The van der Waals surface area contributed by atoms with E-state index >= 15 is 0 Å². The zero-order valence-electron chi connectivity index (χ0n) is 28.1. The van der Waals surface area contributed by atoms with Crippen LogP contribution in [0, 0.1) is 31.6 Å². The fourth-order valence-corrected chi connectivity index (χ4v) is 7.22. The third-order valence-electron chi connectivity index (χ3n) is 9.21. The molecule has 1 aromatic rings. The summed E-state index contributed by atoms with van der Waals surface area (Å²) in [5.41, 5.74) is 1.93. The molecule has 4 N–H and O–H groups in total. The fourth-order valence-electron chi connectivity index (χ4n) is 6.30. The Bertz CT molecular complexity index is 1240. The summed E-state index contributed by atoms with van der Waals surface area (Å²) in [5.74, 6) is 0.0136. The van der Waals surface area contributed by atoms with E-state index in [1.54, 1.807) is 13.0 Å². The van der Waals surface area contributed by atoms with Crippen molar-refractivity contribution >= 4 is 13.8 Å². The maximum Gasteiger partial charge on any atom is 0.584 e. The van der Waals surface area contributed by atoms with Gasteiger partial charge in [0.1, 0.15) is 23.2 Å². The average molecular weight is 655 g/mol. The second-order valence-electron chi connectivity index (χ2n) is 14.0. The summed E-state index contributed by atoms with van der Waals surface area (Å²) in [6.07, 6.45) is 9.22. The minimum Gasteiger partial charge on any atom is -0.499 e. The second-order valence-corrected chi connectivity index (χ2v) is 15.3. The molecular weight excluding hydrogens is 599 g/mol. The molecule has 0 saturated carbocycles. The number of benzene rings is 1. The topological polar surface area (TPSA) is 152 Å². The number of cyclic esters (lactones) is 1. The lowest BCUT2D eigenvalue weighted by molar-refractivity contribution is -0.147. The Hall–Kier alpha value is -2.26. The van der Waals surface area contributed by atoms with Crippen molar-refractivity contribution in [2.24, 2.45) is 17.8 Å². The van der Waals surface area contributed by atoms with E-state index in [0.29, 0.717) is 17.9 Å².